The molecule has 0 unspecified atom stereocenters. The zero-order valence-corrected chi connectivity index (χ0v) is 16.4. The first kappa shape index (κ1) is 18.3. The molecule has 0 aliphatic heterocycles. The lowest BCUT2D eigenvalue weighted by Gasteiger charge is -2.12. The van der Waals surface area contributed by atoms with Crippen molar-refractivity contribution in [3.05, 3.63) is 74.9 Å². The van der Waals surface area contributed by atoms with Crippen LogP contribution in [0.15, 0.2) is 47.2 Å². The molecule has 9 heteroatoms. The van der Waals surface area contributed by atoms with Gasteiger partial charge in [0.2, 0.25) is 0 Å². The molecule has 4 aromatic rings. The van der Waals surface area contributed by atoms with Crippen LogP contribution in [0.5, 0.6) is 11.5 Å². The molecule has 0 aliphatic rings. The zero-order chi connectivity index (χ0) is 19.7. The van der Waals surface area contributed by atoms with Crippen LogP contribution in [0.4, 0.5) is 4.39 Å². The number of nitriles is 1. The highest BCUT2D eigenvalue weighted by molar-refractivity contribution is 9.10. The normalized spacial score (nSPS) is 10.8. The molecule has 2 heterocycles. The minimum absolute atomic E-state index is 0.00502. The lowest BCUT2D eigenvalue weighted by Crippen LogP contribution is -1.99. The van der Waals surface area contributed by atoms with Gasteiger partial charge in [0, 0.05) is 23.8 Å². The van der Waals surface area contributed by atoms with Gasteiger partial charge in [-0.15, -0.1) is 0 Å². The van der Waals surface area contributed by atoms with Crippen molar-refractivity contribution < 1.29 is 9.13 Å². The number of fused-ring (bicyclic) bond motifs is 1. The van der Waals surface area contributed by atoms with E-state index in [1.54, 1.807) is 24.5 Å². The van der Waals surface area contributed by atoms with E-state index in [9.17, 15) is 0 Å². The molecule has 0 saturated heterocycles. The summed E-state index contributed by atoms with van der Waals surface area (Å²) in [6, 6.07) is 9.81. The Morgan fingerprint density at radius 3 is 2.86 bits per heavy atom. The van der Waals surface area contributed by atoms with Crippen molar-refractivity contribution in [2.45, 2.75) is 6.42 Å². The summed E-state index contributed by atoms with van der Waals surface area (Å²) in [7, 11) is 0. The number of halogens is 3. The lowest BCUT2D eigenvalue weighted by atomic mass is 10.1. The van der Waals surface area contributed by atoms with Crippen molar-refractivity contribution in [3.63, 3.8) is 0 Å². The van der Waals surface area contributed by atoms with E-state index >= 15 is 4.39 Å². The van der Waals surface area contributed by atoms with E-state index in [0.717, 1.165) is 0 Å². The predicted molar refractivity (Wildman–Crippen MR) is 105 cm³/mol. The van der Waals surface area contributed by atoms with Crippen LogP contribution in [0.2, 0.25) is 5.02 Å². The van der Waals surface area contributed by atoms with Crippen LogP contribution in [0.3, 0.4) is 0 Å². The molecule has 0 aliphatic carbocycles. The van der Waals surface area contributed by atoms with E-state index in [2.05, 4.69) is 36.1 Å². The Morgan fingerprint density at radius 1 is 1.21 bits per heavy atom. The van der Waals surface area contributed by atoms with Crippen molar-refractivity contribution >= 4 is 38.7 Å². The third kappa shape index (κ3) is 3.54. The van der Waals surface area contributed by atoms with Crippen LogP contribution in [0.25, 0.3) is 11.2 Å². The molecule has 0 saturated carbocycles. The van der Waals surface area contributed by atoms with Crippen molar-refractivity contribution in [2.24, 2.45) is 0 Å². The maximum Gasteiger partial charge on any atom is 0.177 e. The highest BCUT2D eigenvalue weighted by Gasteiger charge is 2.18. The fourth-order valence-electron chi connectivity index (χ4n) is 2.72. The molecule has 2 aromatic carbocycles. The Hall–Kier alpha value is -3.02. The number of rotatable bonds is 4. The molecular weight excluding hydrogens is 449 g/mol. The van der Waals surface area contributed by atoms with E-state index < -0.39 is 5.82 Å². The summed E-state index contributed by atoms with van der Waals surface area (Å²) in [6.07, 6.45) is 3.31. The minimum Gasteiger partial charge on any atom is -0.453 e. The molecule has 0 radical (unpaired) electrons. The Labute approximate surface area is 172 Å². The first-order valence-corrected chi connectivity index (χ1v) is 9.21. The van der Waals surface area contributed by atoms with Gasteiger partial charge >= 0.3 is 0 Å². The average Bonchev–Trinajstić information content (AvgIpc) is 3.10. The van der Waals surface area contributed by atoms with Crippen molar-refractivity contribution in [1.29, 1.82) is 5.26 Å². The summed E-state index contributed by atoms with van der Waals surface area (Å²) in [5.74, 6) is -0.292. The highest BCUT2D eigenvalue weighted by Crippen LogP contribution is 2.36. The maximum atomic E-state index is 15.2. The van der Waals surface area contributed by atoms with E-state index in [4.69, 9.17) is 21.6 Å². The van der Waals surface area contributed by atoms with E-state index in [-0.39, 0.29) is 17.9 Å². The SMILES string of the molecule is N#Cc1cc(Cl)cc(Oc2c(Br)ccc(Cc3n[nH]c4nccnc34)c2F)c1. The number of hydrogen-bond donors (Lipinski definition) is 1. The van der Waals surface area contributed by atoms with Gasteiger partial charge in [-0.05, 0) is 45.8 Å². The number of nitrogens with zero attached hydrogens (tertiary/aromatic N) is 4. The van der Waals surface area contributed by atoms with Crippen LogP contribution < -0.4 is 4.74 Å². The topological polar surface area (TPSA) is 87.5 Å². The number of aromatic nitrogens is 4. The second-order valence-corrected chi connectivity index (χ2v) is 7.13. The standard InChI is InChI=1S/C19H10BrClFN5O/c20-14-2-1-11(7-15-17-19(27-26-15)25-4-3-24-17)16(22)18(14)28-13-6-10(9-23)5-12(21)8-13/h1-6,8H,7H2,(H,25,26,27). The Bertz CT molecular complexity index is 1240. The first-order valence-electron chi connectivity index (χ1n) is 8.04. The van der Waals surface area contributed by atoms with Crippen LogP contribution in [0.1, 0.15) is 16.8 Å². The summed E-state index contributed by atoms with van der Waals surface area (Å²) < 4.78 is 21.3. The molecule has 0 amide bonds. The van der Waals surface area contributed by atoms with Crippen LogP contribution in [0, 0.1) is 17.1 Å². The van der Waals surface area contributed by atoms with Crippen LogP contribution in [-0.2, 0) is 6.42 Å². The molecule has 0 fully saturated rings. The number of ether oxygens (including phenoxy) is 1. The zero-order valence-electron chi connectivity index (χ0n) is 14.1. The summed E-state index contributed by atoms with van der Waals surface area (Å²) in [4.78, 5) is 8.37. The average molecular weight is 459 g/mol. The Morgan fingerprint density at radius 2 is 2.04 bits per heavy atom. The summed E-state index contributed by atoms with van der Waals surface area (Å²) in [6.45, 7) is 0. The third-order valence-electron chi connectivity index (χ3n) is 3.98. The Balaban J connectivity index is 1.70. The fourth-order valence-corrected chi connectivity index (χ4v) is 3.33. The van der Waals surface area contributed by atoms with Gasteiger partial charge < -0.3 is 4.74 Å². The number of benzene rings is 2. The molecule has 2 aromatic heterocycles. The predicted octanol–water partition coefficient (Wildman–Crippen LogP) is 5.16. The maximum absolute atomic E-state index is 15.2. The number of H-pyrrole nitrogens is 1. The van der Waals surface area contributed by atoms with Gasteiger partial charge in [0.15, 0.2) is 17.2 Å². The van der Waals surface area contributed by atoms with E-state index in [1.807, 2.05) is 6.07 Å². The summed E-state index contributed by atoms with van der Waals surface area (Å²) in [5.41, 5.74) is 2.39. The highest BCUT2D eigenvalue weighted by atomic mass is 79.9. The molecule has 6 nitrogen and oxygen atoms in total. The Kier molecular flexibility index (Phi) is 4.94. The molecule has 0 atom stereocenters. The van der Waals surface area contributed by atoms with Gasteiger partial charge in [0.1, 0.15) is 11.3 Å². The molecule has 28 heavy (non-hydrogen) atoms. The van der Waals surface area contributed by atoms with Crippen molar-refractivity contribution in [1.82, 2.24) is 20.2 Å². The largest absolute Gasteiger partial charge is 0.453 e. The molecular formula is C19H10BrClFN5O. The van der Waals surface area contributed by atoms with E-state index in [0.29, 0.717) is 37.5 Å². The first-order chi connectivity index (χ1) is 13.5. The number of aromatic amines is 1. The van der Waals surface area contributed by atoms with Gasteiger partial charge in [-0.25, -0.2) is 14.4 Å². The van der Waals surface area contributed by atoms with Gasteiger partial charge in [-0.3, -0.25) is 5.10 Å². The third-order valence-corrected chi connectivity index (χ3v) is 4.82. The smallest absolute Gasteiger partial charge is 0.177 e. The number of hydrogen-bond acceptors (Lipinski definition) is 5. The second-order valence-electron chi connectivity index (χ2n) is 5.84. The number of nitrogens with one attached hydrogen (secondary N) is 1. The fraction of sp³-hybridized carbons (Fsp3) is 0.0526. The minimum atomic E-state index is -0.548. The molecule has 138 valence electrons. The van der Waals surface area contributed by atoms with Crippen molar-refractivity contribution in [2.75, 3.05) is 0 Å². The summed E-state index contributed by atoms with van der Waals surface area (Å²) >= 11 is 9.30. The van der Waals surface area contributed by atoms with Crippen LogP contribution >= 0.6 is 27.5 Å². The second kappa shape index (κ2) is 7.54. The molecule has 4 rings (SSSR count). The molecule has 0 bridgehead atoms. The van der Waals surface area contributed by atoms with Gasteiger partial charge in [-0.1, -0.05) is 17.7 Å². The van der Waals surface area contributed by atoms with Crippen molar-refractivity contribution in [3.8, 4) is 17.6 Å². The van der Waals surface area contributed by atoms with E-state index in [1.165, 1.54) is 18.2 Å². The van der Waals surface area contributed by atoms with Gasteiger partial charge in [-0.2, -0.15) is 10.4 Å². The summed E-state index contributed by atoms with van der Waals surface area (Å²) in [5, 5.41) is 16.4. The van der Waals surface area contributed by atoms with Gasteiger partial charge in [0.25, 0.3) is 0 Å². The van der Waals surface area contributed by atoms with Crippen LogP contribution in [-0.4, -0.2) is 20.2 Å². The lowest BCUT2D eigenvalue weighted by molar-refractivity contribution is 0.436. The monoisotopic (exact) mass is 457 g/mol. The molecule has 1 N–H and O–H groups in total. The quantitative estimate of drug-likeness (QED) is 0.456. The van der Waals surface area contributed by atoms with Gasteiger partial charge in [0.05, 0.1) is 21.8 Å². The molecule has 0 spiro atoms.